The largest absolute Gasteiger partial charge is 0.479 e. The first-order valence-electron chi connectivity index (χ1n) is 13.1. The van der Waals surface area contributed by atoms with E-state index in [0.717, 1.165) is 0 Å². The van der Waals surface area contributed by atoms with Crippen molar-refractivity contribution in [2.75, 3.05) is 7.11 Å². The first-order chi connectivity index (χ1) is 17.8. The minimum Gasteiger partial charge on any atom is -0.479 e. The first-order valence-corrected chi connectivity index (χ1v) is 13.1. The van der Waals surface area contributed by atoms with E-state index in [2.05, 4.69) is 4.98 Å². The fraction of sp³-hybridized carbons (Fsp3) is 0.643. The summed E-state index contributed by atoms with van der Waals surface area (Å²) in [6.07, 6.45) is 4.73. The summed E-state index contributed by atoms with van der Waals surface area (Å²) in [7, 11) is 1.35. The Balaban J connectivity index is 1.65. The van der Waals surface area contributed by atoms with Crippen LogP contribution >= 0.6 is 0 Å². The fourth-order valence-electron chi connectivity index (χ4n) is 6.75. The number of aliphatic hydroxyl groups excluding tert-OH is 2. The highest BCUT2D eigenvalue weighted by molar-refractivity contribution is 5.87. The summed E-state index contributed by atoms with van der Waals surface area (Å²) in [4.78, 5) is 26.9. The number of carbonyl (C=O) groups excluding carboxylic acids is 1. The number of carbonyl (C=O) groups is 2. The summed E-state index contributed by atoms with van der Waals surface area (Å²) in [5, 5.41) is 42.9. The molecule has 2 aliphatic carbocycles. The van der Waals surface area contributed by atoms with Crippen molar-refractivity contribution in [1.29, 1.82) is 0 Å². The van der Waals surface area contributed by atoms with Gasteiger partial charge in [-0.05, 0) is 43.4 Å². The molecule has 210 valence electrons. The Hall–Kier alpha value is -2.50. The Kier molecular flexibility index (Phi) is 7.94. The van der Waals surface area contributed by atoms with Crippen molar-refractivity contribution < 1.29 is 44.2 Å². The number of aliphatic carboxylic acids is 1. The molecule has 11 atom stereocenters. The van der Waals surface area contributed by atoms with Crippen molar-refractivity contribution in [2.24, 2.45) is 29.6 Å². The molecule has 0 radical (unpaired) electrons. The van der Waals surface area contributed by atoms with E-state index >= 15 is 0 Å². The Morgan fingerprint density at radius 2 is 2.08 bits per heavy atom. The molecule has 3 aliphatic rings. The lowest BCUT2D eigenvalue weighted by Gasteiger charge is -2.47. The van der Waals surface area contributed by atoms with Crippen molar-refractivity contribution in [2.45, 2.75) is 76.3 Å². The Morgan fingerprint density at radius 3 is 2.68 bits per heavy atom. The van der Waals surface area contributed by atoms with Crippen LogP contribution in [0.4, 0.5) is 0 Å². The highest BCUT2D eigenvalue weighted by Crippen LogP contribution is 2.60. The lowest BCUT2D eigenvalue weighted by molar-refractivity contribution is -0.220. The quantitative estimate of drug-likeness (QED) is 0.173. The van der Waals surface area contributed by atoms with Crippen LogP contribution in [-0.4, -0.2) is 80.3 Å². The van der Waals surface area contributed by atoms with Gasteiger partial charge in [-0.15, -0.1) is 0 Å². The summed E-state index contributed by atoms with van der Waals surface area (Å²) in [5.41, 5.74) is -0.184. The molecule has 4 rings (SSSR count). The van der Waals surface area contributed by atoms with Gasteiger partial charge in [0.15, 0.2) is 6.10 Å². The van der Waals surface area contributed by atoms with Crippen LogP contribution < -0.4 is 0 Å². The topological polar surface area (TPSA) is 159 Å². The normalized spacial score (nSPS) is 36.3. The van der Waals surface area contributed by atoms with E-state index in [1.54, 1.807) is 25.3 Å². The molecule has 1 saturated heterocycles. The van der Waals surface area contributed by atoms with Crippen molar-refractivity contribution in [3.63, 3.8) is 0 Å². The molecular formula is C28H39NO9. The van der Waals surface area contributed by atoms with Gasteiger partial charge in [0, 0.05) is 43.9 Å². The third kappa shape index (κ3) is 4.84. The van der Waals surface area contributed by atoms with Crippen LogP contribution in [-0.2, 0) is 19.0 Å². The van der Waals surface area contributed by atoms with Crippen LogP contribution in [0.2, 0.25) is 0 Å². The molecule has 2 heterocycles. The van der Waals surface area contributed by atoms with Crippen molar-refractivity contribution >= 4 is 11.9 Å². The van der Waals surface area contributed by atoms with Gasteiger partial charge in [0.1, 0.15) is 17.4 Å². The number of aromatic amines is 1. The van der Waals surface area contributed by atoms with Crippen LogP contribution in [0, 0.1) is 29.6 Å². The average molecular weight is 534 g/mol. The first kappa shape index (κ1) is 28.5. The van der Waals surface area contributed by atoms with Gasteiger partial charge in [0.05, 0.1) is 12.2 Å². The van der Waals surface area contributed by atoms with Gasteiger partial charge >= 0.3 is 11.9 Å². The van der Waals surface area contributed by atoms with Gasteiger partial charge in [0.2, 0.25) is 5.79 Å². The summed E-state index contributed by atoms with van der Waals surface area (Å²) < 4.78 is 17.2. The van der Waals surface area contributed by atoms with E-state index in [1.807, 2.05) is 26.0 Å². The van der Waals surface area contributed by atoms with E-state index in [9.17, 15) is 30.0 Å². The van der Waals surface area contributed by atoms with Gasteiger partial charge < -0.3 is 39.6 Å². The maximum atomic E-state index is 12.4. The number of hydrogen-bond acceptors (Lipinski definition) is 8. The maximum absolute atomic E-state index is 12.4. The third-order valence-electron chi connectivity index (χ3n) is 8.68. The van der Waals surface area contributed by atoms with E-state index in [-0.39, 0.29) is 36.0 Å². The molecule has 0 spiro atoms. The number of hydrogen-bond donors (Lipinski definition) is 5. The lowest BCUT2D eigenvalue weighted by Crippen LogP contribution is -2.54. The van der Waals surface area contributed by atoms with E-state index in [1.165, 1.54) is 20.1 Å². The van der Waals surface area contributed by atoms with Crippen molar-refractivity contribution in [1.82, 2.24) is 4.98 Å². The number of H-pyrrole nitrogens is 1. The molecule has 0 aromatic carbocycles. The van der Waals surface area contributed by atoms with Gasteiger partial charge in [-0.25, -0.2) is 9.59 Å². The van der Waals surface area contributed by atoms with Crippen LogP contribution in [0.3, 0.4) is 0 Å². The zero-order valence-corrected chi connectivity index (χ0v) is 22.4. The second-order valence-corrected chi connectivity index (χ2v) is 11.2. The van der Waals surface area contributed by atoms with Gasteiger partial charge in [0.25, 0.3) is 0 Å². The molecule has 1 aromatic rings. The van der Waals surface area contributed by atoms with Gasteiger partial charge in [-0.1, -0.05) is 32.1 Å². The average Bonchev–Trinajstić information content (AvgIpc) is 3.44. The van der Waals surface area contributed by atoms with Crippen molar-refractivity contribution in [3.8, 4) is 0 Å². The van der Waals surface area contributed by atoms with E-state index in [4.69, 9.17) is 14.2 Å². The Bertz CT molecular complexity index is 1080. The number of ether oxygens (including phenoxy) is 3. The second kappa shape index (κ2) is 10.6. The van der Waals surface area contributed by atoms with Gasteiger partial charge in [-0.3, -0.25) is 0 Å². The monoisotopic (exact) mass is 533 g/mol. The molecule has 4 bridgehead atoms. The predicted octanol–water partition coefficient (Wildman–Crippen LogP) is 2.27. The van der Waals surface area contributed by atoms with Crippen LogP contribution in [0.1, 0.15) is 51.0 Å². The molecule has 0 unspecified atom stereocenters. The highest BCUT2D eigenvalue weighted by Gasteiger charge is 2.65. The molecule has 10 nitrogen and oxygen atoms in total. The summed E-state index contributed by atoms with van der Waals surface area (Å²) in [5.74, 6) is -5.56. The number of carboxylic acids is 1. The Morgan fingerprint density at radius 1 is 1.37 bits per heavy atom. The summed E-state index contributed by atoms with van der Waals surface area (Å²) in [6.45, 7) is 6.73. The smallest absolute Gasteiger partial charge is 0.357 e. The maximum Gasteiger partial charge on any atom is 0.357 e. The van der Waals surface area contributed by atoms with E-state index < -0.39 is 53.5 Å². The van der Waals surface area contributed by atoms with E-state index in [0.29, 0.717) is 12.0 Å². The van der Waals surface area contributed by atoms with Crippen LogP contribution in [0.15, 0.2) is 42.1 Å². The number of rotatable bonds is 10. The molecule has 5 N–H and O–H groups in total. The number of aromatic nitrogens is 1. The number of esters is 1. The molecule has 1 aromatic heterocycles. The third-order valence-corrected chi connectivity index (χ3v) is 8.68. The number of methoxy groups -OCH3 is 1. The van der Waals surface area contributed by atoms with Gasteiger partial charge in [-0.2, -0.15) is 0 Å². The lowest BCUT2D eigenvalue weighted by atomic mass is 9.58. The molecule has 38 heavy (non-hydrogen) atoms. The SMILES string of the molecule is CO[C@@H](C[C@H]1C=C[C@H]2[C@H]3[C@@H](O)[C@@H](C)C[C@@H]2O[C@]31/C(C)=C/[C@H](C)[C@H](O)[C@@](C)(O)OC(=O)c1ccc[nH]1)C(=O)O. The minimum absolute atomic E-state index is 0.00285. The zero-order chi connectivity index (χ0) is 28.0. The van der Waals surface area contributed by atoms with Crippen molar-refractivity contribution in [3.05, 3.63) is 47.8 Å². The zero-order valence-electron chi connectivity index (χ0n) is 22.4. The minimum atomic E-state index is -2.20. The molecule has 10 heteroatoms. The number of carboxylic acid groups (broad SMARTS) is 1. The molecule has 1 aliphatic heterocycles. The second-order valence-electron chi connectivity index (χ2n) is 11.2. The predicted molar refractivity (Wildman–Crippen MR) is 136 cm³/mol. The highest BCUT2D eigenvalue weighted by atomic mass is 16.7. The molecule has 0 amide bonds. The molecular weight excluding hydrogens is 494 g/mol. The van der Waals surface area contributed by atoms with Crippen LogP contribution in [0.5, 0.6) is 0 Å². The fourth-order valence-corrected chi connectivity index (χ4v) is 6.75. The van der Waals surface area contributed by atoms with Crippen LogP contribution in [0.25, 0.3) is 0 Å². The summed E-state index contributed by atoms with van der Waals surface area (Å²) in [6, 6.07) is 3.11. The number of aliphatic hydroxyl groups is 3. The number of nitrogens with one attached hydrogen (secondary N) is 1. The molecule has 1 saturated carbocycles. The summed E-state index contributed by atoms with van der Waals surface area (Å²) >= 11 is 0. The Labute approximate surface area is 222 Å². The standard InChI is InChI=1S/C28H39NO9/c1-14-12-20-18-9-8-17(13-21(36-5)25(32)33)28(37-20,22(18)23(14)30)16(3)11-15(2)24(31)27(4,35)38-26(34)19-7-6-10-29-19/h6-11,14-15,17-18,20-24,29-31,35H,12-13H2,1-5H3,(H,32,33)/b16-11+/t14-,15-,17+,18+,20-,21-,22-,23-,24-,27-,28-/m0/s1. The molecule has 2 fully saturated rings.